The lowest BCUT2D eigenvalue weighted by Gasteiger charge is -2.37. The minimum atomic E-state index is -0.497. The lowest BCUT2D eigenvalue weighted by molar-refractivity contribution is 0.0659. The van der Waals surface area contributed by atoms with E-state index in [0.717, 1.165) is 37.7 Å². The molecule has 0 bridgehead atoms. The second kappa shape index (κ2) is 9.80. The van der Waals surface area contributed by atoms with Crippen LogP contribution in [-0.2, 0) is 0 Å². The van der Waals surface area contributed by atoms with Gasteiger partial charge in [0.05, 0.1) is 7.11 Å². The molecule has 0 amide bonds. The maximum absolute atomic E-state index is 10.4. The van der Waals surface area contributed by atoms with Gasteiger partial charge in [0.2, 0.25) is 0 Å². The summed E-state index contributed by atoms with van der Waals surface area (Å²) < 4.78 is 11.2. The summed E-state index contributed by atoms with van der Waals surface area (Å²) in [5.74, 6) is 2.16. The number of β-amino-alcohol motifs (C(OH)–C–C–N with tert-alkyl or cyclic N) is 1. The Labute approximate surface area is 168 Å². The van der Waals surface area contributed by atoms with Crippen molar-refractivity contribution in [1.82, 2.24) is 4.90 Å². The molecule has 5 heteroatoms. The van der Waals surface area contributed by atoms with E-state index in [1.165, 1.54) is 11.3 Å². The van der Waals surface area contributed by atoms with Crippen molar-refractivity contribution < 1.29 is 14.6 Å². The van der Waals surface area contributed by atoms with E-state index < -0.39 is 6.10 Å². The highest BCUT2D eigenvalue weighted by atomic mass is 16.5. The van der Waals surface area contributed by atoms with Gasteiger partial charge in [-0.1, -0.05) is 38.1 Å². The first kappa shape index (κ1) is 20.5. The number of aliphatic hydroxyl groups is 1. The molecule has 1 heterocycles. The summed E-state index contributed by atoms with van der Waals surface area (Å²) in [5.41, 5.74) is 2.37. The Morgan fingerprint density at radius 2 is 1.75 bits per heavy atom. The van der Waals surface area contributed by atoms with Crippen LogP contribution in [-0.4, -0.2) is 62.6 Å². The summed E-state index contributed by atoms with van der Waals surface area (Å²) in [6.45, 7) is 9.00. The Kier molecular flexibility index (Phi) is 7.18. The van der Waals surface area contributed by atoms with Gasteiger partial charge in [-0.2, -0.15) is 0 Å². The Morgan fingerprint density at radius 1 is 1.00 bits per heavy atom. The number of anilines is 1. The van der Waals surface area contributed by atoms with E-state index in [9.17, 15) is 5.11 Å². The second-order valence-corrected chi connectivity index (χ2v) is 7.65. The molecule has 3 rings (SSSR count). The van der Waals surface area contributed by atoms with Gasteiger partial charge in [0.25, 0.3) is 0 Å². The Bertz CT molecular complexity index is 742. The third-order valence-corrected chi connectivity index (χ3v) is 5.23. The number of nitrogens with zero attached hydrogens (tertiary/aromatic N) is 2. The fraction of sp³-hybridized carbons (Fsp3) is 0.478. The van der Waals surface area contributed by atoms with Gasteiger partial charge in [0, 0.05) is 44.5 Å². The Hall–Kier alpha value is -2.24. The molecule has 1 atom stereocenters. The zero-order valence-electron chi connectivity index (χ0n) is 17.2. The van der Waals surface area contributed by atoms with Gasteiger partial charge in [0.1, 0.15) is 24.2 Å². The maximum atomic E-state index is 10.4. The lowest BCUT2D eigenvalue weighted by Crippen LogP contribution is -2.49. The monoisotopic (exact) mass is 384 g/mol. The van der Waals surface area contributed by atoms with E-state index >= 15 is 0 Å². The predicted octanol–water partition coefficient (Wildman–Crippen LogP) is 3.38. The fourth-order valence-corrected chi connectivity index (χ4v) is 3.62. The smallest absolute Gasteiger partial charge is 0.122 e. The third kappa shape index (κ3) is 5.40. The zero-order valence-corrected chi connectivity index (χ0v) is 17.2. The quantitative estimate of drug-likeness (QED) is 0.756. The minimum Gasteiger partial charge on any atom is -0.497 e. The molecule has 2 aromatic rings. The standard InChI is InChI=1S/C23H32N2O3/c1-18(2)22-9-4-5-10-23(22)28-17-20(26)16-24-11-13-25(14-12-24)19-7-6-8-21(15-19)27-3/h4-10,15,18,20,26H,11-14,16-17H2,1-3H3. The van der Waals surface area contributed by atoms with Crippen LogP contribution in [0.3, 0.4) is 0 Å². The Balaban J connectivity index is 1.45. The van der Waals surface area contributed by atoms with Gasteiger partial charge in [-0.25, -0.2) is 0 Å². The van der Waals surface area contributed by atoms with Gasteiger partial charge in [-0.05, 0) is 29.7 Å². The molecule has 152 valence electrons. The molecule has 0 radical (unpaired) electrons. The van der Waals surface area contributed by atoms with Crippen molar-refractivity contribution in [2.75, 3.05) is 51.3 Å². The van der Waals surface area contributed by atoms with Crippen LogP contribution in [0.15, 0.2) is 48.5 Å². The number of aliphatic hydroxyl groups excluding tert-OH is 1. The lowest BCUT2D eigenvalue weighted by atomic mass is 10.0. The molecular weight excluding hydrogens is 352 g/mol. The number of para-hydroxylation sites is 1. The van der Waals surface area contributed by atoms with Crippen LogP contribution < -0.4 is 14.4 Å². The van der Waals surface area contributed by atoms with Gasteiger partial charge in [-0.15, -0.1) is 0 Å². The van der Waals surface area contributed by atoms with Crippen LogP contribution in [0.25, 0.3) is 0 Å². The average molecular weight is 385 g/mol. The van der Waals surface area contributed by atoms with Gasteiger partial charge < -0.3 is 19.5 Å². The van der Waals surface area contributed by atoms with Crippen molar-refractivity contribution in [2.45, 2.75) is 25.9 Å². The van der Waals surface area contributed by atoms with Crippen molar-refractivity contribution in [3.63, 3.8) is 0 Å². The van der Waals surface area contributed by atoms with E-state index in [4.69, 9.17) is 9.47 Å². The molecule has 0 aromatic heterocycles. The molecule has 1 unspecified atom stereocenters. The number of benzene rings is 2. The largest absolute Gasteiger partial charge is 0.497 e. The Morgan fingerprint density at radius 3 is 2.46 bits per heavy atom. The van der Waals surface area contributed by atoms with Crippen LogP contribution >= 0.6 is 0 Å². The van der Waals surface area contributed by atoms with Crippen molar-refractivity contribution >= 4 is 5.69 Å². The van der Waals surface area contributed by atoms with Crippen molar-refractivity contribution in [3.8, 4) is 11.5 Å². The number of piperazine rings is 1. The van der Waals surface area contributed by atoms with Gasteiger partial charge in [-0.3, -0.25) is 4.90 Å². The number of rotatable bonds is 8. The molecule has 1 fully saturated rings. The first-order valence-corrected chi connectivity index (χ1v) is 10.1. The van der Waals surface area contributed by atoms with E-state index in [1.54, 1.807) is 7.11 Å². The van der Waals surface area contributed by atoms with Crippen molar-refractivity contribution in [2.24, 2.45) is 0 Å². The van der Waals surface area contributed by atoms with Crippen LogP contribution in [0.5, 0.6) is 11.5 Å². The highest BCUT2D eigenvalue weighted by Crippen LogP contribution is 2.26. The van der Waals surface area contributed by atoms with E-state index in [2.05, 4.69) is 41.8 Å². The summed E-state index contributed by atoms with van der Waals surface area (Å²) in [7, 11) is 1.69. The van der Waals surface area contributed by atoms with E-state index in [1.807, 2.05) is 30.3 Å². The minimum absolute atomic E-state index is 0.319. The molecule has 5 nitrogen and oxygen atoms in total. The number of hydrogen-bond donors (Lipinski definition) is 1. The van der Waals surface area contributed by atoms with Gasteiger partial charge >= 0.3 is 0 Å². The van der Waals surface area contributed by atoms with Crippen LogP contribution in [0.2, 0.25) is 0 Å². The zero-order chi connectivity index (χ0) is 19.9. The first-order chi connectivity index (χ1) is 13.6. The first-order valence-electron chi connectivity index (χ1n) is 10.1. The highest BCUT2D eigenvalue weighted by Gasteiger charge is 2.20. The molecular formula is C23H32N2O3. The fourth-order valence-electron chi connectivity index (χ4n) is 3.62. The molecule has 0 aliphatic carbocycles. The molecule has 1 N–H and O–H groups in total. The summed E-state index contributed by atoms with van der Waals surface area (Å²) >= 11 is 0. The van der Waals surface area contributed by atoms with Gasteiger partial charge in [0.15, 0.2) is 0 Å². The van der Waals surface area contributed by atoms with E-state index in [-0.39, 0.29) is 0 Å². The summed E-state index contributed by atoms with van der Waals surface area (Å²) in [6.07, 6.45) is -0.497. The topological polar surface area (TPSA) is 45.2 Å². The summed E-state index contributed by atoms with van der Waals surface area (Å²) in [4.78, 5) is 4.67. The molecule has 2 aromatic carbocycles. The molecule has 1 saturated heterocycles. The SMILES string of the molecule is COc1cccc(N2CCN(CC(O)COc3ccccc3C(C)C)CC2)c1. The summed E-state index contributed by atoms with van der Waals surface area (Å²) in [5, 5.41) is 10.4. The number of ether oxygens (including phenoxy) is 2. The van der Waals surface area contributed by atoms with Crippen LogP contribution in [0, 0.1) is 0 Å². The normalized spacial score (nSPS) is 16.2. The van der Waals surface area contributed by atoms with Crippen LogP contribution in [0.4, 0.5) is 5.69 Å². The summed E-state index contributed by atoms with van der Waals surface area (Å²) in [6, 6.07) is 16.3. The molecule has 1 aliphatic rings. The molecule has 0 saturated carbocycles. The molecule has 1 aliphatic heterocycles. The van der Waals surface area contributed by atoms with Crippen molar-refractivity contribution in [3.05, 3.63) is 54.1 Å². The highest BCUT2D eigenvalue weighted by molar-refractivity contribution is 5.51. The third-order valence-electron chi connectivity index (χ3n) is 5.23. The predicted molar refractivity (Wildman–Crippen MR) is 114 cm³/mol. The van der Waals surface area contributed by atoms with Crippen molar-refractivity contribution in [1.29, 1.82) is 0 Å². The molecule has 0 spiro atoms. The number of methoxy groups -OCH3 is 1. The number of hydrogen-bond acceptors (Lipinski definition) is 5. The maximum Gasteiger partial charge on any atom is 0.122 e. The second-order valence-electron chi connectivity index (χ2n) is 7.65. The van der Waals surface area contributed by atoms with E-state index in [0.29, 0.717) is 19.1 Å². The van der Waals surface area contributed by atoms with Crippen LogP contribution in [0.1, 0.15) is 25.3 Å². The molecule has 28 heavy (non-hydrogen) atoms. The average Bonchev–Trinajstić information content (AvgIpc) is 2.73.